The number of amides is 1. The molecule has 1 amide bonds. The molecule has 2 N–H and O–H groups in total. The first-order valence-corrected chi connectivity index (χ1v) is 12.8. The molecule has 2 aliphatic rings. The number of methoxy groups -OCH3 is 2. The van der Waals surface area contributed by atoms with E-state index in [2.05, 4.69) is 11.9 Å². The van der Waals surface area contributed by atoms with Gasteiger partial charge in [-0.15, -0.1) is 0 Å². The van der Waals surface area contributed by atoms with E-state index in [-0.39, 0.29) is 13.2 Å². The fourth-order valence-corrected chi connectivity index (χ4v) is 4.93. The maximum absolute atomic E-state index is 13.6. The highest BCUT2D eigenvalue weighted by atomic mass is 16.8. The van der Waals surface area contributed by atoms with Crippen molar-refractivity contribution in [3.8, 4) is 5.75 Å². The minimum absolute atomic E-state index is 0.0197. The summed E-state index contributed by atoms with van der Waals surface area (Å²) >= 11 is 0. The van der Waals surface area contributed by atoms with Crippen LogP contribution in [0.5, 0.6) is 5.75 Å². The third-order valence-corrected chi connectivity index (χ3v) is 6.73. The van der Waals surface area contributed by atoms with Crippen molar-refractivity contribution in [2.45, 2.75) is 62.9 Å². The van der Waals surface area contributed by atoms with E-state index in [9.17, 15) is 24.3 Å². The molecular weight excluding hydrogens is 542 g/mol. The third-order valence-electron chi connectivity index (χ3n) is 6.73. The molecule has 2 aromatic rings. The van der Waals surface area contributed by atoms with Crippen LogP contribution in [0.2, 0.25) is 0 Å². The van der Waals surface area contributed by atoms with Crippen molar-refractivity contribution in [3.05, 3.63) is 75.6 Å². The molecule has 3 heterocycles. The number of alkyl carbamates (subject to hydrolysis) is 1. The van der Waals surface area contributed by atoms with Crippen LogP contribution in [0, 0.1) is 0 Å². The molecule has 2 saturated heterocycles. The summed E-state index contributed by atoms with van der Waals surface area (Å²) in [4.78, 5) is 50.7. The maximum atomic E-state index is 13.6. The number of carboxylic acid groups (broad SMARTS) is 1. The fourth-order valence-electron chi connectivity index (χ4n) is 4.93. The first kappa shape index (κ1) is 30.0. The first-order valence-electron chi connectivity index (χ1n) is 12.8. The molecule has 41 heavy (non-hydrogen) atoms. The summed E-state index contributed by atoms with van der Waals surface area (Å²) in [5.41, 5.74) is -0.522. The molecule has 0 saturated carbocycles. The maximum Gasteiger partial charge on any atom is 0.408 e. The molecule has 0 aliphatic carbocycles. The summed E-state index contributed by atoms with van der Waals surface area (Å²) in [5.74, 6) is -1.91. The van der Waals surface area contributed by atoms with Crippen molar-refractivity contribution >= 4 is 12.1 Å². The second kappa shape index (κ2) is 12.3. The minimum atomic E-state index is -1.62. The molecule has 6 atom stereocenters. The number of hydrogen-bond donors (Lipinski definition) is 2. The normalized spacial score (nSPS) is 24.2. The van der Waals surface area contributed by atoms with Crippen molar-refractivity contribution in [2.75, 3.05) is 20.8 Å². The number of nitrogens with one attached hydrogen (secondary N) is 1. The quantitative estimate of drug-likeness (QED) is 0.365. The lowest BCUT2D eigenvalue weighted by Gasteiger charge is -2.31. The number of carboxylic acids is 1. The number of carbonyl (C=O) groups is 2. The van der Waals surface area contributed by atoms with E-state index in [1.54, 1.807) is 38.1 Å². The standard InChI is InChI=1S/C27H33N3O11/c1-6-13-38-25(34)28-18(24(32)33)19(37-5)20-21-22(41-27(2,3)40-21)23(39-20)29-12-11-17(31)30(26(29)35)14-15-7-9-16(36-4)10-8-15/h6-12,18-23H,1,13-14H2,2-5H3,(H,28,34)(H,32,33)/t18-,19-,20-,21-,22?,23+/m0/s1. The van der Waals surface area contributed by atoms with Crippen LogP contribution >= 0.6 is 0 Å². The van der Waals surface area contributed by atoms with Crippen LogP contribution in [0.4, 0.5) is 4.79 Å². The molecule has 4 rings (SSSR count). The van der Waals surface area contributed by atoms with E-state index in [0.717, 1.165) is 4.57 Å². The Bertz CT molecular complexity index is 1380. The summed E-state index contributed by atoms with van der Waals surface area (Å²) in [5, 5.41) is 12.2. The molecule has 14 heteroatoms. The Labute approximate surface area is 235 Å². The fraction of sp³-hybridized carbons (Fsp3) is 0.481. The third kappa shape index (κ3) is 6.35. The molecular formula is C27H33N3O11. The van der Waals surface area contributed by atoms with Crippen LogP contribution in [0.1, 0.15) is 25.6 Å². The van der Waals surface area contributed by atoms with Gasteiger partial charge < -0.3 is 38.8 Å². The van der Waals surface area contributed by atoms with Gasteiger partial charge in [-0.2, -0.15) is 0 Å². The van der Waals surface area contributed by atoms with Gasteiger partial charge >= 0.3 is 17.8 Å². The van der Waals surface area contributed by atoms with E-state index >= 15 is 0 Å². The van der Waals surface area contributed by atoms with Crippen LogP contribution in [0.25, 0.3) is 0 Å². The Morgan fingerprint density at radius 3 is 2.44 bits per heavy atom. The number of fused-ring (bicyclic) bond motifs is 1. The highest BCUT2D eigenvalue weighted by molar-refractivity contribution is 5.80. The SMILES string of the molecule is C=CCOC(=O)N[C@H](C(=O)O)[C@H](OC)[C@@H]1O[C@@H](n2ccc(=O)n(Cc3ccc(OC)cc3)c2=O)C2OC(C)(C)O[C@H]21. The van der Waals surface area contributed by atoms with E-state index in [0.29, 0.717) is 11.3 Å². The molecule has 1 aromatic heterocycles. The Morgan fingerprint density at radius 1 is 1.15 bits per heavy atom. The van der Waals surface area contributed by atoms with Gasteiger partial charge in [0, 0.05) is 19.4 Å². The molecule has 0 bridgehead atoms. The van der Waals surface area contributed by atoms with Gasteiger partial charge in [-0.3, -0.25) is 13.9 Å². The molecule has 14 nitrogen and oxygen atoms in total. The number of hydrogen-bond acceptors (Lipinski definition) is 10. The topological polar surface area (TPSA) is 166 Å². The van der Waals surface area contributed by atoms with Crippen LogP contribution < -0.4 is 21.3 Å². The van der Waals surface area contributed by atoms with E-state index in [1.807, 2.05) is 0 Å². The number of ether oxygens (including phenoxy) is 6. The lowest BCUT2D eigenvalue weighted by atomic mass is 9.99. The average Bonchev–Trinajstić information content (AvgIpc) is 3.43. The average molecular weight is 576 g/mol. The molecule has 222 valence electrons. The number of nitrogens with zero attached hydrogens (tertiary/aromatic N) is 2. The minimum Gasteiger partial charge on any atom is -0.497 e. The van der Waals surface area contributed by atoms with Crippen molar-refractivity contribution in [1.29, 1.82) is 0 Å². The molecule has 2 fully saturated rings. The van der Waals surface area contributed by atoms with E-state index < -0.39 is 65.8 Å². The monoisotopic (exact) mass is 575 g/mol. The first-order chi connectivity index (χ1) is 19.5. The lowest BCUT2D eigenvalue weighted by molar-refractivity contribution is -0.212. The van der Waals surface area contributed by atoms with Gasteiger partial charge in [-0.25, -0.2) is 14.4 Å². The summed E-state index contributed by atoms with van der Waals surface area (Å²) in [6.45, 7) is 6.61. The number of benzene rings is 1. The molecule has 1 unspecified atom stereocenters. The highest BCUT2D eigenvalue weighted by Crippen LogP contribution is 2.44. The Morgan fingerprint density at radius 2 is 1.83 bits per heavy atom. The van der Waals surface area contributed by atoms with Crippen molar-refractivity contribution in [3.63, 3.8) is 0 Å². The van der Waals surface area contributed by atoms with Gasteiger partial charge in [-0.05, 0) is 31.5 Å². The lowest BCUT2D eigenvalue weighted by Crippen LogP contribution is -2.56. The highest BCUT2D eigenvalue weighted by Gasteiger charge is 2.60. The predicted molar refractivity (Wildman–Crippen MR) is 142 cm³/mol. The Hall–Kier alpha value is -3.98. The van der Waals surface area contributed by atoms with Gasteiger partial charge in [-0.1, -0.05) is 24.8 Å². The van der Waals surface area contributed by atoms with Gasteiger partial charge in [0.15, 0.2) is 18.1 Å². The van der Waals surface area contributed by atoms with Gasteiger partial charge in [0.25, 0.3) is 5.56 Å². The van der Waals surface area contributed by atoms with Crippen molar-refractivity contribution < 1.29 is 43.1 Å². The Kier molecular flexibility index (Phi) is 8.97. The second-order valence-corrected chi connectivity index (χ2v) is 9.88. The molecule has 2 aliphatic heterocycles. The number of carbonyl (C=O) groups excluding carboxylic acids is 1. The predicted octanol–water partition coefficient (Wildman–Crippen LogP) is 0.865. The smallest absolute Gasteiger partial charge is 0.408 e. The number of aliphatic carboxylic acids is 1. The van der Waals surface area contributed by atoms with Crippen LogP contribution in [-0.4, -0.2) is 83.4 Å². The molecule has 1 aromatic carbocycles. The van der Waals surface area contributed by atoms with Crippen LogP contribution in [0.15, 0.2) is 58.8 Å². The number of aromatic nitrogens is 2. The van der Waals surface area contributed by atoms with Gasteiger partial charge in [0.2, 0.25) is 0 Å². The zero-order chi connectivity index (χ0) is 29.9. The molecule has 0 spiro atoms. The second-order valence-electron chi connectivity index (χ2n) is 9.88. The summed E-state index contributed by atoms with van der Waals surface area (Å²) < 4.78 is 36.1. The zero-order valence-corrected chi connectivity index (χ0v) is 23.1. The number of rotatable bonds is 11. The van der Waals surface area contributed by atoms with Crippen LogP contribution in [0.3, 0.4) is 0 Å². The van der Waals surface area contributed by atoms with Crippen LogP contribution in [-0.2, 0) is 35.0 Å². The zero-order valence-electron chi connectivity index (χ0n) is 23.1. The van der Waals surface area contributed by atoms with Crippen molar-refractivity contribution in [1.82, 2.24) is 14.5 Å². The summed E-state index contributed by atoms with van der Waals surface area (Å²) in [6, 6.07) is 6.51. The van der Waals surface area contributed by atoms with Crippen molar-refractivity contribution in [2.24, 2.45) is 0 Å². The summed E-state index contributed by atoms with van der Waals surface area (Å²) in [6.07, 6.45) is -3.71. The largest absolute Gasteiger partial charge is 0.497 e. The van der Waals surface area contributed by atoms with E-state index in [1.165, 1.54) is 37.1 Å². The molecule has 0 radical (unpaired) electrons. The Balaban J connectivity index is 1.68. The summed E-state index contributed by atoms with van der Waals surface area (Å²) in [7, 11) is 2.79. The van der Waals surface area contributed by atoms with E-state index in [4.69, 9.17) is 28.4 Å². The van der Waals surface area contributed by atoms with Gasteiger partial charge in [0.1, 0.15) is 36.8 Å². The van der Waals surface area contributed by atoms with Gasteiger partial charge in [0.05, 0.1) is 13.7 Å².